The van der Waals surface area contributed by atoms with Gasteiger partial charge in [0.25, 0.3) is 0 Å². The summed E-state index contributed by atoms with van der Waals surface area (Å²) in [7, 11) is 0. The first kappa shape index (κ1) is 10.6. The highest BCUT2D eigenvalue weighted by Crippen LogP contribution is 2.39. The van der Waals surface area contributed by atoms with Crippen molar-refractivity contribution in [1.82, 2.24) is 4.90 Å². The molecule has 1 saturated heterocycles. The van der Waals surface area contributed by atoms with Gasteiger partial charge < -0.3 is 10.6 Å². The van der Waals surface area contributed by atoms with Crippen molar-refractivity contribution in [1.29, 1.82) is 0 Å². The maximum absolute atomic E-state index is 5.89. The zero-order valence-electron chi connectivity index (χ0n) is 10.1. The van der Waals surface area contributed by atoms with Crippen LogP contribution >= 0.6 is 0 Å². The minimum Gasteiger partial charge on any atom is -0.370 e. The number of hydrogen-bond donors (Lipinski definition) is 1. The minimum atomic E-state index is 0.697. The van der Waals surface area contributed by atoms with Crippen LogP contribution < -0.4 is 5.73 Å². The van der Waals surface area contributed by atoms with Crippen LogP contribution in [0.15, 0.2) is 29.3 Å². The van der Waals surface area contributed by atoms with Gasteiger partial charge in [0.15, 0.2) is 5.96 Å². The van der Waals surface area contributed by atoms with Gasteiger partial charge in [0.2, 0.25) is 0 Å². The summed E-state index contributed by atoms with van der Waals surface area (Å²) in [6, 6.07) is 8.84. The van der Waals surface area contributed by atoms with Crippen LogP contribution in [0.5, 0.6) is 0 Å². The van der Waals surface area contributed by atoms with Gasteiger partial charge in [-0.05, 0) is 36.3 Å². The van der Waals surface area contributed by atoms with Crippen LogP contribution in [-0.4, -0.2) is 23.9 Å². The van der Waals surface area contributed by atoms with Crippen molar-refractivity contribution in [2.75, 3.05) is 13.1 Å². The second-order valence-corrected chi connectivity index (χ2v) is 5.03. The second kappa shape index (κ2) is 4.40. The van der Waals surface area contributed by atoms with Crippen molar-refractivity contribution in [3.05, 3.63) is 35.4 Å². The zero-order chi connectivity index (χ0) is 11.7. The molecule has 3 nitrogen and oxygen atoms in total. The maximum Gasteiger partial charge on any atom is 0.191 e. The summed E-state index contributed by atoms with van der Waals surface area (Å²) in [4.78, 5) is 6.55. The molecule has 0 spiro atoms. The first-order chi connectivity index (χ1) is 8.33. The van der Waals surface area contributed by atoms with Crippen LogP contribution in [0.4, 0.5) is 0 Å². The predicted octanol–water partition coefficient (Wildman–Crippen LogP) is 2.08. The number of nitrogens with zero attached hydrogens (tertiary/aromatic N) is 2. The molecule has 1 aromatic rings. The van der Waals surface area contributed by atoms with Crippen molar-refractivity contribution in [3.8, 4) is 0 Å². The minimum absolute atomic E-state index is 0.697. The summed E-state index contributed by atoms with van der Waals surface area (Å²) in [5, 5.41) is 0. The van der Waals surface area contributed by atoms with Gasteiger partial charge in [0.1, 0.15) is 0 Å². The standard InChI is InChI=1S/C14H19N3/c15-14(17-8-1-9-17)16-10-11-2-4-12(5-3-11)13-6-7-13/h2-5,13H,1,6-10H2,(H2,15,16). The Morgan fingerprint density at radius 1 is 1.24 bits per heavy atom. The van der Waals surface area contributed by atoms with Crippen molar-refractivity contribution in [2.24, 2.45) is 10.7 Å². The van der Waals surface area contributed by atoms with Gasteiger partial charge in [-0.3, -0.25) is 0 Å². The molecule has 1 saturated carbocycles. The number of rotatable bonds is 3. The number of nitrogens with two attached hydrogens (primary N) is 1. The van der Waals surface area contributed by atoms with Gasteiger partial charge in [0, 0.05) is 13.1 Å². The number of hydrogen-bond acceptors (Lipinski definition) is 1. The van der Waals surface area contributed by atoms with E-state index in [1.807, 2.05) is 0 Å². The Bertz CT molecular complexity index is 414. The highest BCUT2D eigenvalue weighted by atomic mass is 15.3. The Morgan fingerprint density at radius 2 is 1.94 bits per heavy atom. The predicted molar refractivity (Wildman–Crippen MR) is 69.9 cm³/mol. The molecule has 0 aromatic heterocycles. The van der Waals surface area contributed by atoms with Crippen LogP contribution in [-0.2, 0) is 6.54 Å². The third-order valence-corrected chi connectivity index (χ3v) is 3.63. The van der Waals surface area contributed by atoms with E-state index in [-0.39, 0.29) is 0 Å². The van der Waals surface area contributed by atoms with E-state index in [2.05, 4.69) is 34.2 Å². The summed E-state index contributed by atoms with van der Waals surface area (Å²) >= 11 is 0. The Kier molecular flexibility index (Phi) is 2.75. The smallest absolute Gasteiger partial charge is 0.191 e. The highest BCUT2D eigenvalue weighted by Gasteiger charge is 2.22. The van der Waals surface area contributed by atoms with Gasteiger partial charge in [-0.25, -0.2) is 4.99 Å². The summed E-state index contributed by atoms with van der Waals surface area (Å²) in [5.41, 5.74) is 8.62. The average Bonchev–Trinajstić information content (AvgIpc) is 3.08. The van der Waals surface area contributed by atoms with Crippen molar-refractivity contribution < 1.29 is 0 Å². The van der Waals surface area contributed by atoms with Crippen molar-refractivity contribution >= 4 is 5.96 Å². The topological polar surface area (TPSA) is 41.6 Å². The molecule has 0 atom stereocenters. The largest absolute Gasteiger partial charge is 0.370 e. The molecule has 0 amide bonds. The normalized spacial score (nSPS) is 20.2. The summed E-state index contributed by atoms with van der Waals surface area (Å²) < 4.78 is 0. The fourth-order valence-electron chi connectivity index (χ4n) is 2.13. The SMILES string of the molecule is NC(=NCc1ccc(C2CC2)cc1)N1CCC1. The molecule has 0 unspecified atom stereocenters. The third-order valence-electron chi connectivity index (χ3n) is 3.63. The van der Waals surface area contributed by atoms with E-state index in [0.29, 0.717) is 12.5 Å². The monoisotopic (exact) mass is 229 g/mol. The lowest BCUT2D eigenvalue weighted by atomic mass is 10.1. The maximum atomic E-state index is 5.89. The second-order valence-electron chi connectivity index (χ2n) is 5.03. The molecule has 1 aliphatic heterocycles. The van der Waals surface area contributed by atoms with Gasteiger partial charge in [0.05, 0.1) is 6.54 Å². The van der Waals surface area contributed by atoms with E-state index < -0.39 is 0 Å². The fraction of sp³-hybridized carbons (Fsp3) is 0.500. The lowest BCUT2D eigenvalue weighted by Crippen LogP contribution is -2.46. The van der Waals surface area contributed by atoms with Crippen LogP contribution in [0, 0.1) is 0 Å². The van der Waals surface area contributed by atoms with Crippen LogP contribution in [0.3, 0.4) is 0 Å². The van der Waals surface area contributed by atoms with Gasteiger partial charge in [-0.1, -0.05) is 24.3 Å². The van der Waals surface area contributed by atoms with Crippen molar-refractivity contribution in [3.63, 3.8) is 0 Å². The molecule has 2 aliphatic rings. The fourth-order valence-corrected chi connectivity index (χ4v) is 2.13. The van der Waals surface area contributed by atoms with E-state index >= 15 is 0 Å². The van der Waals surface area contributed by atoms with E-state index in [0.717, 1.165) is 19.0 Å². The number of guanidine groups is 1. The summed E-state index contributed by atoms with van der Waals surface area (Å²) in [5.74, 6) is 1.53. The lowest BCUT2D eigenvalue weighted by molar-refractivity contribution is 0.295. The molecule has 3 heteroatoms. The number of likely N-dealkylation sites (tertiary alicyclic amines) is 1. The molecular formula is C14H19N3. The molecular weight excluding hydrogens is 210 g/mol. The van der Waals surface area contributed by atoms with Crippen LogP contribution in [0.25, 0.3) is 0 Å². The molecule has 1 aromatic carbocycles. The van der Waals surface area contributed by atoms with E-state index in [4.69, 9.17) is 5.73 Å². The Hall–Kier alpha value is -1.51. The average molecular weight is 229 g/mol. The van der Waals surface area contributed by atoms with Crippen molar-refractivity contribution in [2.45, 2.75) is 31.7 Å². The van der Waals surface area contributed by atoms with E-state index in [9.17, 15) is 0 Å². The molecule has 0 bridgehead atoms. The molecule has 2 fully saturated rings. The van der Waals surface area contributed by atoms with Gasteiger partial charge in [-0.15, -0.1) is 0 Å². The number of aliphatic imine (C=N–C) groups is 1. The Balaban J connectivity index is 1.60. The summed E-state index contributed by atoms with van der Waals surface area (Å²) in [6.07, 6.45) is 3.96. The Morgan fingerprint density at radius 3 is 2.47 bits per heavy atom. The molecule has 1 heterocycles. The van der Waals surface area contributed by atoms with E-state index in [1.165, 1.54) is 30.4 Å². The summed E-state index contributed by atoms with van der Waals surface area (Å²) in [6.45, 7) is 2.83. The molecule has 90 valence electrons. The first-order valence-electron chi connectivity index (χ1n) is 6.46. The molecule has 17 heavy (non-hydrogen) atoms. The molecule has 3 rings (SSSR count). The number of benzene rings is 1. The molecule has 0 radical (unpaired) electrons. The molecule has 1 aliphatic carbocycles. The van der Waals surface area contributed by atoms with Gasteiger partial charge >= 0.3 is 0 Å². The quantitative estimate of drug-likeness (QED) is 0.637. The van der Waals surface area contributed by atoms with Gasteiger partial charge in [-0.2, -0.15) is 0 Å². The third kappa shape index (κ3) is 2.43. The lowest BCUT2D eigenvalue weighted by Gasteiger charge is -2.31. The highest BCUT2D eigenvalue weighted by molar-refractivity contribution is 5.78. The first-order valence-corrected chi connectivity index (χ1v) is 6.46. The van der Waals surface area contributed by atoms with E-state index in [1.54, 1.807) is 0 Å². The molecule has 2 N–H and O–H groups in total. The Labute approximate surface area is 102 Å². The van der Waals surface area contributed by atoms with Crippen LogP contribution in [0.2, 0.25) is 0 Å². The zero-order valence-corrected chi connectivity index (χ0v) is 10.1. The van der Waals surface area contributed by atoms with Crippen LogP contribution in [0.1, 0.15) is 36.3 Å².